The molecule has 0 spiro atoms. The topological polar surface area (TPSA) is 109 Å². The minimum atomic E-state index is -0.498. The van der Waals surface area contributed by atoms with E-state index < -0.39 is 10.8 Å². The van der Waals surface area contributed by atoms with E-state index in [1.165, 1.54) is 18.2 Å². The van der Waals surface area contributed by atoms with E-state index in [2.05, 4.69) is 10.2 Å². The molecule has 37 heavy (non-hydrogen) atoms. The summed E-state index contributed by atoms with van der Waals surface area (Å²) in [4.78, 5) is 40.1. The summed E-state index contributed by atoms with van der Waals surface area (Å²) >= 11 is 6.54. The van der Waals surface area contributed by atoms with Crippen LogP contribution in [0, 0.1) is 23.0 Å². The van der Waals surface area contributed by atoms with Gasteiger partial charge in [-0.1, -0.05) is 31.5 Å². The third kappa shape index (κ3) is 6.11. The maximum atomic E-state index is 12.8. The number of aryl methyl sites for hydroxylation is 1. The van der Waals surface area contributed by atoms with Crippen molar-refractivity contribution in [2.75, 3.05) is 36.4 Å². The minimum absolute atomic E-state index is 0.0206. The highest BCUT2D eigenvalue weighted by Gasteiger charge is 2.24. The van der Waals surface area contributed by atoms with Crippen LogP contribution in [-0.4, -0.2) is 47.8 Å². The van der Waals surface area contributed by atoms with Crippen molar-refractivity contribution >= 4 is 40.5 Å². The molecule has 1 fully saturated rings. The first kappa shape index (κ1) is 26.2. The molecule has 9 nitrogen and oxygen atoms in total. The van der Waals surface area contributed by atoms with Gasteiger partial charge in [0.25, 0.3) is 11.6 Å². The van der Waals surface area contributed by atoms with Crippen molar-refractivity contribution in [2.24, 2.45) is 5.92 Å². The van der Waals surface area contributed by atoms with Crippen LogP contribution in [0.4, 0.5) is 17.1 Å². The summed E-state index contributed by atoms with van der Waals surface area (Å²) in [6.07, 6.45) is 0.550. The zero-order chi connectivity index (χ0) is 26.7. The van der Waals surface area contributed by atoms with Crippen molar-refractivity contribution in [3.05, 3.63) is 75.0 Å². The number of piperazine rings is 1. The normalized spacial score (nSPS) is 13.6. The molecule has 1 N–H and O–H groups in total. The summed E-state index contributed by atoms with van der Waals surface area (Å²) in [5, 5.41) is 14.7. The van der Waals surface area contributed by atoms with Gasteiger partial charge in [0, 0.05) is 44.4 Å². The second-order valence-electron chi connectivity index (χ2n) is 9.53. The largest absolute Gasteiger partial charge is 0.451 e. The molecule has 194 valence electrons. The Labute approximate surface area is 220 Å². The molecule has 2 heterocycles. The van der Waals surface area contributed by atoms with E-state index in [1.807, 2.05) is 24.8 Å². The lowest BCUT2D eigenvalue weighted by atomic mass is 10.1. The van der Waals surface area contributed by atoms with Crippen molar-refractivity contribution < 1.29 is 18.9 Å². The molecule has 1 saturated heterocycles. The molecule has 0 aliphatic carbocycles. The lowest BCUT2D eigenvalue weighted by molar-refractivity contribution is -0.384. The van der Waals surface area contributed by atoms with Crippen molar-refractivity contribution in [1.29, 1.82) is 0 Å². The predicted molar refractivity (Wildman–Crippen MR) is 143 cm³/mol. The van der Waals surface area contributed by atoms with Crippen LogP contribution in [0.1, 0.15) is 36.4 Å². The number of amides is 2. The highest BCUT2D eigenvalue weighted by Crippen LogP contribution is 2.33. The quantitative estimate of drug-likeness (QED) is 0.311. The van der Waals surface area contributed by atoms with Crippen LogP contribution in [0.5, 0.6) is 0 Å². The number of carbonyl (C=O) groups excluding carboxylic acids is 2. The van der Waals surface area contributed by atoms with Gasteiger partial charge in [-0.2, -0.15) is 0 Å². The highest BCUT2D eigenvalue weighted by atomic mass is 35.5. The number of hydrogen-bond donors (Lipinski definition) is 1. The van der Waals surface area contributed by atoms with Gasteiger partial charge >= 0.3 is 0 Å². The van der Waals surface area contributed by atoms with E-state index in [0.717, 1.165) is 11.3 Å². The van der Waals surface area contributed by atoms with E-state index in [9.17, 15) is 19.7 Å². The van der Waals surface area contributed by atoms with Gasteiger partial charge < -0.3 is 19.5 Å². The number of nitrogens with one attached hydrogen (secondary N) is 1. The standard InChI is InChI=1S/C27H29ClN4O5/c1-17(2)14-26(33)31-12-10-30(11-13-31)22-7-5-19(16-21(22)28)29-27(34)25-9-8-24(37-25)20-6-4-18(3)15-23(20)32(35)36/h4-9,15-17H,10-14H2,1-3H3,(H,29,34). The molecule has 2 amide bonds. The van der Waals surface area contributed by atoms with Crippen LogP contribution in [0.2, 0.25) is 5.02 Å². The molecule has 0 atom stereocenters. The molecule has 1 aromatic heterocycles. The zero-order valence-corrected chi connectivity index (χ0v) is 21.7. The Hall–Kier alpha value is -3.85. The SMILES string of the molecule is Cc1ccc(-c2ccc(C(=O)Nc3ccc(N4CCN(C(=O)CC(C)C)CC4)c(Cl)c3)o2)c([N+](=O)[O-])c1. The average Bonchev–Trinajstić information content (AvgIpc) is 3.34. The van der Waals surface area contributed by atoms with Crippen LogP contribution in [-0.2, 0) is 4.79 Å². The maximum Gasteiger partial charge on any atom is 0.291 e. The van der Waals surface area contributed by atoms with Gasteiger partial charge in [-0.05, 0) is 54.8 Å². The molecule has 3 aromatic rings. The third-order valence-corrected chi connectivity index (χ3v) is 6.51. The average molecular weight is 525 g/mol. The van der Waals surface area contributed by atoms with Gasteiger partial charge in [0.1, 0.15) is 5.76 Å². The second-order valence-corrected chi connectivity index (χ2v) is 9.93. The Kier molecular flexibility index (Phi) is 7.83. The van der Waals surface area contributed by atoms with Crippen LogP contribution in [0.15, 0.2) is 52.9 Å². The van der Waals surface area contributed by atoms with Crippen LogP contribution < -0.4 is 10.2 Å². The fourth-order valence-electron chi connectivity index (χ4n) is 4.31. The fraction of sp³-hybridized carbons (Fsp3) is 0.333. The van der Waals surface area contributed by atoms with E-state index in [4.69, 9.17) is 16.0 Å². The Morgan fingerprint density at radius 2 is 1.81 bits per heavy atom. The van der Waals surface area contributed by atoms with E-state index in [0.29, 0.717) is 54.8 Å². The van der Waals surface area contributed by atoms with Gasteiger partial charge in [-0.3, -0.25) is 19.7 Å². The molecular formula is C27H29ClN4O5. The molecular weight excluding hydrogens is 496 g/mol. The number of hydrogen-bond acceptors (Lipinski definition) is 6. The van der Waals surface area contributed by atoms with E-state index in [-0.39, 0.29) is 23.1 Å². The molecule has 4 rings (SSSR count). The van der Waals surface area contributed by atoms with E-state index >= 15 is 0 Å². The van der Waals surface area contributed by atoms with Gasteiger partial charge in [0.05, 0.1) is 21.2 Å². The van der Waals surface area contributed by atoms with Crippen molar-refractivity contribution in [3.8, 4) is 11.3 Å². The number of nitro groups is 1. The molecule has 1 aliphatic rings. The fourth-order valence-corrected chi connectivity index (χ4v) is 4.61. The number of nitrogens with zero attached hydrogens (tertiary/aromatic N) is 3. The smallest absolute Gasteiger partial charge is 0.291 e. The number of anilines is 2. The zero-order valence-electron chi connectivity index (χ0n) is 21.0. The van der Waals surface area contributed by atoms with Crippen LogP contribution in [0.25, 0.3) is 11.3 Å². The third-order valence-electron chi connectivity index (χ3n) is 6.21. The van der Waals surface area contributed by atoms with E-state index in [1.54, 1.807) is 31.2 Å². The maximum absolute atomic E-state index is 12.8. The number of nitro benzene ring substituents is 1. The lowest BCUT2D eigenvalue weighted by Crippen LogP contribution is -2.49. The summed E-state index contributed by atoms with van der Waals surface area (Å²) in [5.74, 6) is 0.263. The van der Waals surface area contributed by atoms with Gasteiger partial charge in [-0.15, -0.1) is 0 Å². The first-order valence-electron chi connectivity index (χ1n) is 12.1. The highest BCUT2D eigenvalue weighted by molar-refractivity contribution is 6.33. The first-order chi connectivity index (χ1) is 17.6. The lowest BCUT2D eigenvalue weighted by Gasteiger charge is -2.36. The Balaban J connectivity index is 1.41. The predicted octanol–water partition coefficient (Wildman–Crippen LogP) is 5.76. The minimum Gasteiger partial charge on any atom is -0.451 e. The number of carbonyl (C=O) groups is 2. The molecule has 2 aromatic carbocycles. The number of furan rings is 1. The summed E-state index contributed by atoms with van der Waals surface area (Å²) < 4.78 is 5.65. The van der Waals surface area contributed by atoms with Gasteiger partial charge in [0.2, 0.25) is 5.91 Å². The van der Waals surface area contributed by atoms with Gasteiger partial charge in [0.15, 0.2) is 5.76 Å². The molecule has 0 unspecified atom stereocenters. The summed E-state index contributed by atoms with van der Waals surface area (Å²) in [5.41, 5.74) is 2.29. The Morgan fingerprint density at radius 3 is 2.46 bits per heavy atom. The van der Waals surface area contributed by atoms with Crippen molar-refractivity contribution in [3.63, 3.8) is 0 Å². The first-order valence-corrected chi connectivity index (χ1v) is 12.5. The number of rotatable bonds is 7. The summed E-state index contributed by atoms with van der Waals surface area (Å²) in [7, 11) is 0. The van der Waals surface area contributed by atoms with Gasteiger partial charge in [-0.25, -0.2) is 0 Å². The number of halogens is 1. The second kappa shape index (κ2) is 11.0. The Bertz CT molecular complexity index is 1330. The summed E-state index contributed by atoms with van der Waals surface area (Å²) in [6.45, 7) is 8.47. The summed E-state index contributed by atoms with van der Waals surface area (Å²) in [6, 6.07) is 13.1. The monoisotopic (exact) mass is 524 g/mol. The molecule has 10 heteroatoms. The van der Waals surface area contributed by atoms with Crippen LogP contribution in [0.3, 0.4) is 0 Å². The Morgan fingerprint density at radius 1 is 1.08 bits per heavy atom. The molecule has 0 radical (unpaired) electrons. The molecule has 1 aliphatic heterocycles. The van der Waals surface area contributed by atoms with Crippen molar-refractivity contribution in [2.45, 2.75) is 27.2 Å². The molecule has 0 bridgehead atoms. The number of benzene rings is 2. The van der Waals surface area contributed by atoms with Crippen LogP contribution >= 0.6 is 11.6 Å². The molecule has 0 saturated carbocycles. The van der Waals surface area contributed by atoms with Crippen molar-refractivity contribution in [1.82, 2.24) is 4.90 Å².